The number of para-hydroxylation sites is 1. The molecule has 0 aliphatic carbocycles. The Morgan fingerprint density at radius 3 is 2.14 bits per heavy atom. The highest BCUT2D eigenvalue weighted by molar-refractivity contribution is 6.01. The third kappa shape index (κ3) is 4.19. The Morgan fingerprint density at radius 2 is 1.61 bits per heavy atom. The fourth-order valence-corrected chi connectivity index (χ4v) is 2.62. The molecule has 9 nitrogen and oxygen atoms in total. The van der Waals surface area contributed by atoms with Crippen molar-refractivity contribution in [2.24, 2.45) is 0 Å². The molecule has 0 bridgehead atoms. The number of hydrogen-bond donors (Lipinski definition) is 0. The minimum absolute atomic E-state index is 0.204. The minimum atomic E-state index is -1.15. The first-order valence-electron chi connectivity index (χ1n) is 8.38. The average molecular weight is 393 g/mol. The lowest BCUT2D eigenvalue weighted by Crippen LogP contribution is -2.37. The number of carbonyl (C=O) groups excluding carboxylic acids is 3. The normalized spacial score (nSPS) is 16.4. The van der Waals surface area contributed by atoms with Crippen molar-refractivity contribution >= 4 is 18.0 Å². The molecule has 9 heteroatoms. The van der Waals surface area contributed by atoms with E-state index in [2.05, 4.69) is 4.74 Å². The molecule has 2 rings (SSSR count). The number of methoxy groups -OCH3 is 3. The van der Waals surface area contributed by atoms with Gasteiger partial charge in [-0.2, -0.15) is 0 Å². The smallest absolute Gasteiger partial charge is 0.444 e. The van der Waals surface area contributed by atoms with Crippen LogP contribution in [-0.4, -0.2) is 50.0 Å². The SMILES string of the molecule is COC(=O)C1=C(C(=O)OC)C(c2ccccc2OC)N(C(=O)OC(C)(C)C)O1. The molecule has 1 aromatic carbocycles. The van der Waals surface area contributed by atoms with Crippen molar-refractivity contribution < 1.29 is 38.2 Å². The molecule has 0 saturated carbocycles. The lowest BCUT2D eigenvalue weighted by atomic mass is 9.97. The lowest BCUT2D eigenvalue weighted by molar-refractivity contribution is -0.153. The summed E-state index contributed by atoms with van der Waals surface area (Å²) < 4.78 is 20.2. The van der Waals surface area contributed by atoms with E-state index < -0.39 is 35.4 Å². The maximum absolute atomic E-state index is 12.8. The zero-order valence-electron chi connectivity index (χ0n) is 16.6. The van der Waals surface area contributed by atoms with Gasteiger partial charge in [-0.15, -0.1) is 5.06 Å². The Morgan fingerprint density at radius 1 is 1.00 bits per heavy atom. The zero-order chi connectivity index (χ0) is 21.1. The van der Waals surface area contributed by atoms with E-state index in [0.29, 0.717) is 11.3 Å². The lowest BCUT2D eigenvalue weighted by Gasteiger charge is -2.28. The average Bonchev–Trinajstić information content (AvgIpc) is 3.05. The molecule has 0 radical (unpaired) electrons. The van der Waals surface area contributed by atoms with Gasteiger partial charge in [0.25, 0.3) is 5.76 Å². The molecule has 1 unspecified atom stereocenters. The molecule has 0 spiro atoms. The zero-order valence-corrected chi connectivity index (χ0v) is 16.6. The van der Waals surface area contributed by atoms with Crippen LogP contribution >= 0.6 is 0 Å². The monoisotopic (exact) mass is 393 g/mol. The van der Waals surface area contributed by atoms with Gasteiger partial charge in [0.15, 0.2) is 0 Å². The van der Waals surface area contributed by atoms with Crippen LogP contribution in [0.3, 0.4) is 0 Å². The number of ether oxygens (including phenoxy) is 4. The first-order valence-corrected chi connectivity index (χ1v) is 8.38. The van der Waals surface area contributed by atoms with E-state index in [9.17, 15) is 14.4 Å². The highest BCUT2D eigenvalue weighted by atomic mass is 16.8. The van der Waals surface area contributed by atoms with Crippen molar-refractivity contribution in [3.63, 3.8) is 0 Å². The Labute approximate surface area is 162 Å². The maximum Gasteiger partial charge on any atom is 0.444 e. The summed E-state index contributed by atoms with van der Waals surface area (Å²) in [6.07, 6.45) is -0.899. The predicted octanol–water partition coefficient (Wildman–Crippen LogP) is 2.52. The van der Waals surface area contributed by atoms with Crippen molar-refractivity contribution in [1.82, 2.24) is 5.06 Å². The van der Waals surface area contributed by atoms with Crippen LogP contribution in [0.2, 0.25) is 0 Å². The summed E-state index contributed by atoms with van der Waals surface area (Å²) in [5.74, 6) is -1.89. The minimum Gasteiger partial charge on any atom is -0.496 e. The van der Waals surface area contributed by atoms with Crippen molar-refractivity contribution in [1.29, 1.82) is 0 Å². The number of esters is 2. The second-order valence-electron chi connectivity index (χ2n) is 6.77. The summed E-state index contributed by atoms with van der Waals surface area (Å²) in [5.41, 5.74) is -0.648. The van der Waals surface area contributed by atoms with Gasteiger partial charge in [-0.3, -0.25) is 0 Å². The van der Waals surface area contributed by atoms with Gasteiger partial charge in [-0.05, 0) is 26.8 Å². The van der Waals surface area contributed by atoms with Crippen molar-refractivity contribution in [2.75, 3.05) is 21.3 Å². The Kier molecular flexibility index (Phi) is 6.17. The number of nitrogens with zero attached hydrogens (tertiary/aromatic N) is 1. The Bertz CT molecular complexity index is 808. The van der Waals surface area contributed by atoms with E-state index in [0.717, 1.165) is 19.3 Å². The number of carbonyl (C=O) groups is 3. The van der Waals surface area contributed by atoms with Crippen LogP contribution in [0.5, 0.6) is 5.75 Å². The van der Waals surface area contributed by atoms with Gasteiger partial charge in [-0.25, -0.2) is 14.4 Å². The van der Waals surface area contributed by atoms with Gasteiger partial charge in [0, 0.05) is 5.56 Å². The van der Waals surface area contributed by atoms with E-state index in [1.54, 1.807) is 45.0 Å². The van der Waals surface area contributed by atoms with Crippen LogP contribution in [0.1, 0.15) is 32.4 Å². The van der Waals surface area contributed by atoms with Gasteiger partial charge in [0.1, 0.15) is 23.0 Å². The van der Waals surface area contributed by atoms with Gasteiger partial charge >= 0.3 is 18.0 Å². The highest BCUT2D eigenvalue weighted by Crippen LogP contribution is 2.43. The van der Waals surface area contributed by atoms with Gasteiger partial charge in [-0.1, -0.05) is 18.2 Å². The van der Waals surface area contributed by atoms with Crippen molar-refractivity contribution in [3.8, 4) is 5.75 Å². The van der Waals surface area contributed by atoms with E-state index in [1.807, 2.05) is 0 Å². The second kappa shape index (κ2) is 8.20. The predicted molar refractivity (Wildman–Crippen MR) is 96.0 cm³/mol. The summed E-state index contributed by atoms with van der Waals surface area (Å²) in [4.78, 5) is 42.9. The second-order valence-corrected chi connectivity index (χ2v) is 6.77. The quantitative estimate of drug-likeness (QED) is 0.568. The van der Waals surface area contributed by atoms with E-state index >= 15 is 0 Å². The van der Waals surface area contributed by atoms with Gasteiger partial charge in [0.05, 0.1) is 21.3 Å². The van der Waals surface area contributed by atoms with E-state index in [1.165, 1.54) is 7.11 Å². The topological polar surface area (TPSA) is 101 Å². The molecule has 0 aromatic heterocycles. The third-order valence-electron chi connectivity index (χ3n) is 3.73. The molecule has 1 amide bonds. The summed E-state index contributed by atoms with van der Waals surface area (Å²) in [6.45, 7) is 5.03. The summed E-state index contributed by atoms with van der Waals surface area (Å²) in [6, 6.07) is 5.54. The number of benzene rings is 1. The largest absolute Gasteiger partial charge is 0.496 e. The Hall–Kier alpha value is -3.23. The molecule has 0 N–H and O–H groups in total. The van der Waals surface area contributed by atoms with Crippen LogP contribution in [0, 0.1) is 0 Å². The first kappa shape index (κ1) is 21.1. The van der Waals surface area contributed by atoms with Crippen molar-refractivity contribution in [2.45, 2.75) is 32.4 Å². The highest BCUT2D eigenvalue weighted by Gasteiger charge is 2.48. The molecule has 0 fully saturated rings. The molecule has 0 saturated heterocycles. The molecule has 152 valence electrons. The van der Waals surface area contributed by atoms with Crippen LogP contribution in [0.4, 0.5) is 4.79 Å². The van der Waals surface area contributed by atoms with E-state index in [-0.39, 0.29) is 5.57 Å². The van der Waals surface area contributed by atoms with Gasteiger partial charge in [0.2, 0.25) is 0 Å². The molecule has 28 heavy (non-hydrogen) atoms. The summed E-state index contributed by atoms with van der Waals surface area (Å²) in [7, 11) is 3.72. The van der Waals surface area contributed by atoms with Crippen LogP contribution < -0.4 is 4.74 Å². The summed E-state index contributed by atoms with van der Waals surface area (Å²) in [5, 5.41) is 0.793. The first-order chi connectivity index (χ1) is 13.1. The number of amides is 1. The Balaban J connectivity index is 2.66. The molecule has 1 atom stereocenters. The van der Waals surface area contributed by atoms with Crippen LogP contribution in [-0.2, 0) is 28.6 Å². The fourth-order valence-electron chi connectivity index (χ4n) is 2.62. The molecule has 1 heterocycles. The molecule has 1 aliphatic rings. The summed E-state index contributed by atoms with van der Waals surface area (Å²) >= 11 is 0. The van der Waals surface area contributed by atoms with Crippen LogP contribution in [0.15, 0.2) is 35.6 Å². The van der Waals surface area contributed by atoms with Crippen LogP contribution in [0.25, 0.3) is 0 Å². The maximum atomic E-state index is 12.8. The van der Waals surface area contributed by atoms with Crippen molar-refractivity contribution in [3.05, 3.63) is 41.2 Å². The number of rotatable bonds is 4. The molecular formula is C19H23NO8. The van der Waals surface area contributed by atoms with Gasteiger partial charge < -0.3 is 23.8 Å². The van der Waals surface area contributed by atoms with E-state index in [4.69, 9.17) is 19.0 Å². The molecular weight excluding hydrogens is 370 g/mol. The third-order valence-corrected chi connectivity index (χ3v) is 3.73. The molecule has 1 aromatic rings. The molecule has 1 aliphatic heterocycles. The fraction of sp³-hybridized carbons (Fsp3) is 0.421. The number of hydroxylamine groups is 2. The number of hydrogen-bond acceptors (Lipinski definition) is 8. The standard InChI is InChI=1S/C19H23NO8/c1-19(2,3)27-18(23)20-14(11-9-7-8-10-12(11)24-4)13(16(21)25-5)15(28-20)17(22)26-6/h7-10,14H,1-6H3.